The summed E-state index contributed by atoms with van der Waals surface area (Å²) in [6.45, 7) is 2.28. The minimum atomic E-state index is 0.736. The molecule has 0 aliphatic carbocycles. The topological polar surface area (TPSA) is 38.8 Å². The molecule has 114 valence electrons. The minimum absolute atomic E-state index is 0.736. The molecule has 0 atom stereocenters. The van der Waals surface area contributed by atoms with Crippen LogP contribution in [-0.2, 0) is 19.6 Å². The summed E-state index contributed by atoms with van der Waals surface area (Å²) in [4.78, 5) is 2.28. The Morgan fingerprint density at radius 1 is 0.818 bits per heavy atom. The molecule has 2 aromatic heterocycles. The van der Waals surface area contributed by atoms with Gasteiger partial charge in [-0.15, -0.1) is 0 Å². The molecule has 0 fully saturated rings. The number of hydrogen-bond acceptors (Lipinski definition) is 4. The van der Waals surface area contributed by atoms with Crippen molar-refractivity contribution in [2.45, 2.75) is 19.6 Å². The molecule has 0 aliphatic rings. The molecule has 1 aromatic carbocycles. The van der Waals surface area contributed by atoms with Crippen molar-refractivity contribution in [2.75, 3.05) is 7.11 Å². The van der Waals surface area contributed by atoms with E-state index in [0.29, 0.717) is 0 Å². The molecule has 0 bridgehead atoms. The van der Waals surface area contributed by atoms with E-state index in [0.717, 1.165) is 36.9 Å². The fourth-order valence-electron chi connectivity index (χ4n) is 2.40. The summed E-state index contributed by atoms with van der Waals surface area (Å²) in [5.74, 6) is 2.76. The van der Waals surface area contributed by atoms with Crippen molar-refractivity contribution in [1.29, 1.82) is 0 Å². The van der Waals surface area contributed by atoms with Crippen LogP contribution in [0.5, 0.6) is 5.75 Å². The van der Waals surface area contributed by atoms with Gasteiger partial charge in [-0.1, -0.05) is 12.1 Å². The van der Waals surface area contributed by atoms with Gasteiger partial charge in [0.05, 0.1) is 32.7 Å². The van der Waals surface area contributed by atoms with Gasteiger partial charge in [0.2, 0.25) is 0 Å². The Bertz CT molecular complexity index is 621. The number of rotatable bonds is 7. The third-order valence-electron chi connectivity index (χ3n) is 3.48. The predicted molar refractivity (Wildman–Crippen MR) is 83.4 cm³/mol. The van der Waals surface area contributed by atoms with E-state index >= 15 is 0 Å². The quantitative estimate of drug-likeness (QED) is 0.658. The average Bonchev–Trinajstić information content (AvgIpc) is 3.22. The molecule has 0 amide bonds. The molecule has 4 nitrogen and oxygen atoms in total. The zero-order chi connectivity index (χ0) is 15.2. The first-order valence-electron chi connectivity index (χ1n) is 7.23. The number of benzene rings is 1. The molecule has 3 rings (SSSR count). The van der Waals surface area contributed by atoms with Crippen molar-refractivity contribution in [3.8, 4) is 5.75 Å². The van der Waals surface area contributed by atoms with Crippen molar-refractivity contribution >= 4 is 0 Å². The molecule has 0 saturated heterocycles. The van der Waals surface area contributed by atoms with E-state index in [2.05, 4.69) is 17.0 Å². The second-order valence-electron chi connectivity index (χ2n) is 5.15. The van der Waals surface area contributed by atoms with Crippen LogP contribution in [0, 0.1) is 0 Å². The first-order chi connectivity index (χ1) is 10.8. The van der Waals surface area contributed by atoms with Crippen molar-refractivity contribution in [3.05, 3.63) is 78.1 Å². The van der Waals surface area contributed by atoms with Gasteiger partial charge in [-0.3, -0.25) is 4.90 Å². The highest BCUT2D eigenvalue weighted by Gasteiger charge is 2.11. The van der Waals surface area contributed by atoms with E-state index in [-0.39, 0.29) is 0 Å². The number of hydrogen-bond donors (Lipinski definition) is 0. The molecular formula is C18H19NO3. The van der Waals surface area contributed by atoms with E-state index in [1.807, 2.05) is 36.4 Å². The van der Waals surface area contributed by atoms with Gasteiger partial charge in [-0.25, -0.2) is 0 Å². The van der Waals surface area contributed by atoms with Crippen LogP contribution < -0.4 is 4.74 Å². The molecule has 22 heavy (non-hydrogen) atoms. The van der Waals surface area contributed by atoms with E-state index in [1.165, 1.54) is 5.56 Å². The summed E-state index contributed by atoms with van der Waals surface area (Å²) in [7, 11) is 1.68. The minimum Gasteiger partial charge on any atom is -0.497 e. The number of nitrogens with zero attached hydrogens (tertiary/aromatic N) is 1. The summed E-state index contributed by atoms with van der Waals surface area (Å²) in [6, 6.07) is 15.9. The molecule has 2 heterocycles. The molecule has 0 saturated carbocycles. The van der Waals surface area contributed by atoms with Crippen LogP contribution in [0.4, 0.5) is 0 Å². The summed E-state index contributed by atoms with van der Waals surface area (Å²) in [5, 5.41) is 0. The van der Waals surface area contributed by atoms with E-state index < -0.39 is 0 Å². The highest BCUT2D eigenvalue weighted by Crippen LogP contribution is 2.17. The van der Waals surface area contributed by atoms with Crippen molar-refractivity contribution in [1.82, 2.24) is 4.90 Å². The normalized spacial score (nSPS) is 11.0. The molecule has 0 N–H and O–H groups in total. The molecule has 4 heteroatoms. The average molecular weight is 297 g/mol. The summed E-state index contributed by atoms with van der Waals surface area (Å²) in [6.07, 6.45) is 3.40. The molecule has 0 radical (unpaired) electrons. The van der Waals surface area contributed by atoms with Crippen LogP contribution in [0.25, 0.3) is 0 Å². The van der Waals surface area contributed by atoms with Crippen LogP contribution >= 0.6 is 0 Å². The SMILES string of the molecule is COc1ccc(CN(Cc2ccco2)Cc2ccco2)cc1. The Kier molecular flexibility index (Phi) is 4.61. The van der Waals surface area contributed by atoms with E-state index in [4.69, 9.17) is 13.6 Å². The Morgan fingerprint density at radius 3 is 1.86 bits per heavy atom. The fourth-order valence-corrected chi connectivity index (χ4v) is 2.40. The monoisotopic (exact) mass is 297 g/mol. The fraction of sp³-hybridized carbons (Fsp3) is 0.222. The van der Waals surface area contributed by atoms with Gasteiger partial charge in [0.1, 0.15) is 17.3 Å². The maximum atomic E-state index is 5.47. The Morgan fingerprint density at radius 2 is 1.41 bits per heavy atom. The second-order valence-corrected chi connectivity index (χ2v) is 5.15. The molecule has 0 aliphatic heterocycles. The summed E-state index contributed by atoms with van der Waals surface area (Å²) < 4.78 is 16.1. The zero-order valence-electron chi connectivity index (χ0n) is 12.6. The van der Waals surface area contributed by atoms with Gasteiger partial charge in [-0.2, -0.15) is 0 Å². The largest absolute Gasteiger partial charge is 0.497 e. The van der Waals surface area contributed by atoms with Crippen LogP contribution in [0.15, 0.2) is 69.9 Å². The van der Waals surface area contributed by atoms with Gasteiger partial charge in [0, 0.05) is 6.54 Å². The van der Waals surface area contributed by atoms with Gasteiger partial charge in [-0.05, 0) is 42.0 Å². The summed E-state index contributed by atoms with van der Waals surface area (Å²) in [5.41, 5.74) is 1.22. The second kappa shape index (κ2) is 7.00. The maximum absolute atomic E-state index is 5.47. The smallest absolute Gasteiger partial charge is 0.118 e. The first-order valence-corrected chi connectivity index (χ1v) is 7.23. The predicted octanol–water partition coefficient (Wildman–Crippen LogP) is 4.08. The molecule has 0 spiro atoms. The van der Waals surface area contributed by atoms with E-state index in [1.54, 1.807) is 19.6 Å². The van der Waals surface area contributed by atoms with Crippen LogP contribution in [-0.4, -0.2) is 12.0 Å². The Balaban J connectivity index is 1.71. The lowest BCUT2D eigenvalue weighted by molar-refractivity contribution is 0.209. The molecule has 0 unspecified atom stereocenters. The van der Waals surface area contributed by atoms with Gasteiger partial charge < -0.3 is 13.6 Å². The van der Waals surface area contributed by atoms with Crippen molar-refractivity contribution in [3.63, 3.8) is 0 Å². The van der Waals surface area contributed by atoms with Gasteiger partial charge >= 0.3 is 0 Å². The van der Waals surface area contributed by atoms with Crippen molar-refractivity contribution < 1.29 is 13.6 Å². The summed E-state index contributed by atoms with van der Waals surface area (Å²) >= 11 is 0. The third kappa shape index (κ3) is 3.80. The van der Waals surface area contributed by atoms with Crippen molar-refractivity contribution in [2.24, 2.45) is 0 Å². The van der Waals surface area contributed by atoms with Gasteiger partial charge in [0.25, 0.3) is 0 Å². The first kappa shape index (κ1) is 14.5. The van der Waals surface area contributed by atoms with Crippen LogP contribution in [0.2, 0.25) is 0 Å². The number of methoxy groups -OCH3 is 1. The third-order valence-corrected chi connectivity index (χ3v) is 3.48. The van der Waals surface area contributed by atoms with Gasteiger partial charge in [0.15, 0.2) is 0 Å². The maximum Gasteiger partial charge on any atom is 0.118 e. The molecule has 3 aromatic rings. The zero-order valence-corrected chi connectivity index (χ0v) is 12.6. The lowest BCUT2D eigenvalue weighted by Crippen LogP contribution is -2.21. The highest BCUT2D eigenvalue weighted by atomic mass is 16.5. The lowest BCUT2D eigenvalue weighted by Gasteiger charge is -2.20. The Labute approximate surface area is 129 Å². The van der Waals surface area contributed by atoms with Crippen LogP contribution in [0.1, 0.15) is 17.1 Å². The number of ether oxygens (including phenoxy) is 1. The Hall–Kier alpha value is -2.46. The number of furan rings is 2. The standard InChI is InChI=1S/C18H19NO3/c1-20-16-8-6-15(7-9-16)12-19(13-17-4-2-10-21-17)14-18-5-3-11-22-18/h2-11H,12-14H2,1H3. The molecular weight excluding hydrogens is 278 g/mol. The lowest BCUT2D eigenvalue weighted by atomic mass is 10.2. The van der Waals surface area contributed by atoms with E-state index in [9.17, 15) is 0 Å². The highest BCUT2D eigenvalue weighted by molar-refractivity contribution is 5.27. The van der Waals surface area contributed by atoms with Crippen LogP contribution in [0.3, 0.4) is 0 Å².